The number of halogens is 1. The van der Waals surface area contributed by atoms with E-state index in [9.17, 15) is 4.79 Å². The Hall–Kier alpha value is -1.02. The molecule has 1 atom stereocenters. The normalized spacial score (nSPS) is 12.2. The first-order chi connectivity index (χ1) is 6.09. The van der Waals surface area contributed by atoms with Crippen LogP contribution in [0.25, 0.3) is 0 Å². The maximum absolute atomic E-state index is 10.4. The van der Waals surface area contributed by atoms with Gasteiger partial charge in [0.2, 0.25) is 0 Å². The highest BCUT2D eigenvalue weighted by molar-refractivity contribution is 6.61. The van der Waals surface area contributed by atoms with Crippen molar-refractivity contribution in [2.45, 2.75) is 20.0 Å². The average molecular weight is 199 g/mol. The summed E-state index contributed by atoms with van der Waals surface area (Å²) in [6.07, 6.45) is -0.286. The number of ether oxygens (including phenoxy) is 1. The Morgan fingerprint density at radius 3 is 2.38 bits per heavy atom. The van der Waals surface area contributed by atoms with E-state index in [-0.39, 0.29) is 6.10 Å². The molecule has 0 heterocycles. The van der Waals surface area contributed by atoms with E-state index in [1.807, 2.05) is 31.2 Å². The van der Waals surface area contributed by atoms with Crippen molar-refractivity contribution in [2.75, 3.05) is 0 Å². The highest BCUT2D eigenvalue weighted by Crippen LogP contribution is 2.17. The Morgan fingerprint density at radius 1 is 1.38 bits per heavy atom. The van der Waals surface area contributed by atoms with E-state index < -0.39 is 5.43 Å². The fourth-order valence-corrected chi connectivity index (χ4v) is 1.18. The van der Waals surface area contributed by atoms with Crippen LogP contribution in [0.4, 0.5) is 4.79 Å². The van der Waals surface area contributed by atoms with Crippen molar-refractivity contribution < 1.29 is 9.53 Å². The predicted octanol–water partition coefficient (Wildman–Crippen LogP) is 3.43. The molecule has 0 saturated heterocycles. The average Bonchev–Trinajstić information content (AvgIpc) is 2.04. The molecule has 1 aromatic rings. The number of hydrogen-bond acceptors (Lipinski definition) is 2. The molecule has 0 N–H and O–H groups in total. The number of rotatable bonds is 2. The van der Waals surface area contributed by atoms with Gasteiger partial charge in [-0.05, 0) is 19.4 Å². The molecule has 1 unspecified atom stereocenters. The molecule has 70 valence electrons. The van der Waals surface area contributed by atoms with Crippen LogP contribution in [0.5, 0.6) is 0 Å². The molecule has 1 rings (SSSR count). The van der Waals surface area contributed by atoms with E-state index in [1.54, 1.807) is 6.92 Å². The van der Waals surface area contributed by atoms with Crippen molar-refractivity contribution >= 4 is 17.0 Å². The molecule has 0 aromatic heterocycles. The van der Waals surface area contributed by atoms with Gasteiger partial charge in [-0.2, -0.15) is 0 Å². The van der Waals surface area contributed by atoms with Gasteiger partial charge in [0.15, 0.2) is 0 Å². The summed E-state index contributed by atoms with van der Waals surface area (Å²) in [4.78, 5) is 10.4. The summed E-state index contributed by atoms with van der Waals surface area (Å²) in [5.74, 6) is 0. The van der Waals surface area contributed by atoms with Gasteiger partial charge in [-0.3, -0.25) is 0 Å². The van der Waals surface area contributed by atoms with Gasteiger partial charge >= 0.3 is 5.43 Å². The molecular weight excluding hydrogens is 188 g/mol. The summed E-state index contributed by atoms with van der Waals surface area (Å²) in [5, 5.41) is 0. The zero-order chi connectivity index (χ0) is 9.84. The molecular formula is C10H11ClO2. The van der Waals surface area contributed by atoms with Crippen molar-refractivity contribution in [1.82, 2.24) is 0 Å². The first-order valence-electron chi connectivity index (χ1n) is 4.02. The van der Waals surface area contributed by atoms with E-state index in [2.05, 4.69) is 0 Å². The van der Waals surface area contributed by atoms with E-state index >= 15 is 0 Å². The monoisotopic (exact) mass is 198 g/mol. The molecule has 0 aliphatic carbocycles. The lowest BCUT2D eigenvalue weighted by atomic mass is 10.1. The highest BCUT2D eigenvalue weighted by Gasteiger charge is 2.08. The second-order valence-electron chi connectivity index (χ2n) is 2.91. The highest BCUT2D eigenvalue weighted by atomic mass is 35.5. The van der Waals surface area contributed by atoms with E-state index in [1.165, 1.54) is 5.56 Å². The van der Waals surface area contributed by atoms with Crippen molar-refractivity contribution in [3.8, 4) is 0 Å². The van der Waals surface area contributed by atoms with Gasteiger partial charge in [0.05, 0.1) is 0 Å². The number of hydrogen-bond donors (Lipinski definition) is 0. The third kappa shape index (κ3) is 3.07. The second-order valence-corrected chi connectivity index (χ2v) is 3.22. The topological polar surface area (TPSA) is 26.3 Å². The zero-order valence-corrected chi connectivity index (χ0v) is 8.34. The molecule has 1 aromatic carbocycles. The molecule has 0 amide bonds. The third-order valence-electron chi connectivity index (χ3n) is 1.82. The molecule has 13 heavy (non-hydrogen) atoms. The molecule has 0 radical (unpaired) electrons. The molecule has 0 spiro atoms. The SMILES string of the molecule is Cc1ccc(C(C)OC(=O)Cl)cc1. The largest absolute Gasteiger partial charge is 0.446 e. The van der Waals surface area contributed by atoms with Gasteiger partial charge in [-0.1, -0.05) is 29.8 Å². The standard InChI is InChI=1S/C10H11ClO2/c1-7-3-5-9(6-4-7)8(2)13-10(11)12/h3-6,8H,1-2H3. The van der Waals surface area contributed by atoms with Crippen molar-refractivity contribution in [3.63, 3.8) is 0 Å². The fourth-order valence-electron chi connectivity index (χ4n) is 1.04. The Kier molecular flexibility index (Phi) is 3.32. The minimum Gasteiger partial charge on any atom is -0.446 e. The Bertz CT molecular complexity index is 292. The Morgan fingerprint density at radius 2 is 1.92 bits per heavy atom. The molecule has 0 fully saturated rings. The minimum atomic E-state index is -0.770. The number of carbonyl (C=O) groups excluding carboxylic acids is 1. The molecule has 0 bridgehead atoms. The van der Waals surface area contributed by atoms with Gasteiger partial charge < -0.3 is 4.74 Å². The first kappa shape index (κ1) is 10.1. The van der Waals surface area contributed by atoms with Crippen molar-refractivity contribution in [3.05, 3.63) is 35.4 Å². The lowest BCUT2D eigenvalue weighted by Gasteiger charge is -2.10. The van der Waals surface area contributed by atoms with E-state index in [0.717, 1.165) is 5.56 Å². The van der Waals surface area contributed by atoms with Crippen molar-refractivity contribution in [1.29, 1.82) is 0 Å². The number of carbonyl (C=O) groups is 1. The van der Waals surface area contributed by atoms with Gasteiger partial charge in [-0.15, -0.1) is 0 Å². The first-order valence-corrected chi connectivity index (χ1v) is 4.40. The summed E-state index contributed by atoms with van der Waals surface area (Å²) in [5.41, 5.74) is 1.35. The molecule has 2 nitrogen and oxygen atoms in total. The fraction of sp³-hybridized carbons (Fsp3) is 0.300. The van der Waals surface area contributed by atoms with Gasteiger partial charge in [0.1, 0.15) is 6.10 Å². The van der Waals surface area contributed by atoms with Crippen LogP contribution in [0.3, 0.4) is 0 Å². The quantitative estimate of drug-likeness (QED) is 0.681. The van der Waals surface area contributed by atoms with Crippen LogP contribution >= 0.6 is 11.6 Å². The molecule has 0 saturated carbocycles. The van der Waals surface area contributed by atoms with Crippen LogP contribution in [0.15, 0.2) is 24.3 Å². The van der Waals surface area contributed by atoms with Crippen LogP contribution in [0, 0.1) is 6.92 Å². The van der Waals surface area contributed by atoms with Crippen LogP contribution in [0.1, 0.15) is 24.2 Å². The molecule has 0 aliphatic heterocycles. The smallest absolute Gasteiger partial charge is 0.404 e. The van der Waals surface area contributed by atoms with Gasteiger partial charge in [0, 0.05) is 11.6 Å². The number of aryl methyl sites for hydroxylation is 1. The third-order valence-corrected chi connectivity index (χ3v) is 1.91. The Balaban J connectivity index is 2.71. The van der Waals surface area contributed by atoms with Crippen LogP contribution in [-0.4, -0.2) is 5.43 Å². The molecule has 3 heteroatoms. The maximum atomic E-state index is 10.4. The minimum absolute atomic E-state index is 0.286. The van der Waals surface area contributed by atoms with Crippen LogP contribution in [0.2, 0.25) is 0 Å². The maximum Gasteiger partial charge on any atom is 0.404 e. The van der Waals surface area contributed by atoms with Crippen LogP contribution < -0.4 is 0 Å². The summed E-state index contributed by atoms with van der Waals surface area (Å²) in [6, 6.07) is 7.77. The summed E-state index contributed by atoms with van der Waals surface area (Å²) in [7, 11) is 0. The van der Waals surface area contributed by atoms with Crippen molar-refractivity contribution in [2.24, 2.45) is 0 Å². The second kappa shape index (κ2) is 4.28. The number of benzene rings is 1. The lowest BCUT2D eigenvalue weighted by molar-refractivity contribution is 0.132. The summed E-state index contributed by atoms with van der Waals surface area (Å²) in [6.45, 7) is 3.78. The zero-order valence-electron chi connectivity index (χ0n) is 7.58. The van der Waals surface area contributed by atoms with Crippen LogP contribution in [-0.2, 0) is 4.74 Å². The van der Waals surface area contributed by atoms with Gasteiger partial charge in [0.25, 0.3) is 0 Å². The predicted molar refractivity (Wildman–Crippen MR) is 51.9 cm³/mol. The van der Waals surface area contributed by atoms with E-state index in [4.69, 9.17) is 16.3 Å². The molecule has 0 aliphatic rings. The lowest BCUT2D eigenvalue weighted by Crippen LogP contribution is -2.01. The Labute approximate surface area is 82.5 Å². The van der Waals surface area contributed by atoms with E-state index in [0.29, 0.717) is 0 Å². The summed E-state index contributed by atoms with van der Waals surface area (Å²) < 4.78 is 4.80. The summed E-state index contributed by atoms with van der Waals surface area (Å²) >= 11 is 5.09. The van der Waals surface area contributed by atoms with Gasteiger partial charge in [-0.25, -0.2) is 4.79 Å².